The highest BCUT2D eigenvalue weighted by Gasteiger charge is 2.22. The molecule has 0 saturated heterocycles. The van der Waals surface area contributed by atoms with Crippen molar-refractivity contribution in [3.05, 3.63) is 71.0 Å². The van der Waals surface area contributed by atoms with Gasteiger partial charge in [0.15, 0.2) is 5.78 Å². The van der Waals surface area contributed by atoms with Crippen LogP contribution in [0.2, 0.25) is 5.02 Å². The molecule has 0 saturated carbocycles. The lowest BCUT2D eigenvalue weighted by Gasteiger charge is -2.07. The Morgan fingerprint density at radius 3 is 2.52 bits per heavy atom. The highest BCUT2D eigenvalue weighted by Crippen LogP contribution is 2.39. The third-order valence-electron chi connectivity index (χ3n) is 4.61. The van der Waals surface area contributed by atoms with Crippen LogP contribution < -0.4 is 0 Å². The Kier molecular flexibility index (Phi) is 3.74. The van der Waals surface area contributed by atoms with Crippen LogP contribution in [0.1, 0.15) is 23.0 Å². The van der Waals surface area contributed by atoms with Gasteiger partial charge in [0, 0.05) is 45.7 Å². The molecule has 124 valence electrons. The van der Waals surface area contributed by atoms with Crippen molar-refractivity contribution in [2.75, 3.05) is 0 Å². The molecule has 3 nitrogen and oxygen atoms in total. The molecule has 2 heterocycles. The normalized spacial score (nSPS) is 11.2. The number of halogens is 1. The molecule has 0 fully saturated rings. The van der Waals surface area contributed by atoms with E-state index in [0.717, 1.165) is 38.9 Å². The number of aromatic amines is 2. The zero-order chi connectivity index (χ0) is 17.6. The van der Waals surface area contributed by atoms with Gasteiger partial charge in [0.1, 0.15) is 0 Å². The first kappa shape index (κ1) is 15.7. The van der Waals surface area contributed by atoms with Gasteiger partial charge in [0.25, 0.3) is 0 Å². The molecule has 0 spiro atoms. The number of carbonyl (C=O) groups excluding carboxylic acids is 1. The summed E-state index contributed by atoms with van der Waals surface area (Å²) in [6, 6.07) is 15.8. The van der Waals surface area contributed by atoms with E-state index >= 15 is 0 Å². The number of H-pyrrole nitrogens is 2. The fraction of sp³-hybridized carbons (Fsp3) is 0.0952. The lowest BCUT2D eigenvalue weighted by molar-refractivity contribution is 0.101. The third-order valence-corrected chi connectivity index (χ3v) is 4.94. The molecule has 0 aliphatic carbocycles. The van der Waals surface area contributed by atoms with Crippen molar-refractivity contribution in [2.24, 2.45) is 0 Å². The Bertz CT molecular complexity index is 1100. The van der Waals surface area contributed by atoms with E-state index in [1.54, 1.807) is 6.92 Å². The molecule has 0 unspecified atom stereocenters. The van der Waals surface area contributed by atoms with E-state index in [2.05, 4.69) is 16.0 Å². The van der Waals surface area contributed by atoms with Gasteiger partial charge < -0.3 is 9.97 Å². The zero-order valence-electron chi connectivity index (χ0n) is 14.0. The number of ketones is 1. The molecule has 0 bridgehead atoms. The van der Waals surface area contributed by atoms with Crippen LogP contribution in [0, 0.1) is 6.92 Å². The summed E-state index contributed by atoms with van der Waals surface area (Å²) in [5.74, 6) is -0.00878. The van der Waals surface area contributed by atoms with Crippen molar-refractivity contribution in [3.8, 4) is 22.4 Å². The van der Waals surface area contributed by atoms with Crippen LogP contribution in [0.15, 0.2) is 54.7 Å². The van der Waals surface area contributed by atoms with Crippen LogP contribution in [-0.2, 0) is 0 Å². The quantitative estimate of drug-likeness (QED) is 0.438. The molecule has 0 aliphatic rings. The topological polar surface area (TPSA) is 48.6 Å². The Hall–Kier alpha value is -2.78. The van der Waals surface area contributed by atoms with Crippen LogP contribution in [0.5, 0.6) is 0 Å². The van der Waals surface area contributed by atoms with Crippen molar-refractivity contribution in [1.82, 2.24) is 9.97 Å². The maximum Gasteiger partial charge on any atom is 0.176 e. The van der Waals surface area contributed by atoms with Crippen LogP contribution in [-0.4, -0.2) is 15.8 Å². The molecule has 0 radical (unpaired) electrons. The molecular weight excluding hydrogens is 332 g/mol. The molecule has 0 aliphatic heterocycles. The SMILES string of the molecule is CC(=O)c1[nH]c(-c2cccc3[nH]ccc23)c(C)c1-c1ccccc1Cl. The van der Waals surface area contributed by atoms with Crippen LogP contribution in [0.3, 0.4) is 0 Å². The van der Waals surface area contributed by atoms with Crippen molar-refractivity contribution in [2.45, 2.75) is 13.8 Å². The largest absolute Gasteiger partial charge is 0.361 e. The monoisotopic (exact) mass is 348 g/mol. The lowest BCUT2D eigenvalue weighted by Crippen LogP contribution is -1.95. The number of carbonyl (C=O) groups is 1. The molecule has 0 atom stereocenters. The fourth-order valence-electron chi connectivity index (χ4n) is 3.43. The van der Waals surface area contributed by atoms with Crippen molar-refractivity contribution in [3.63, 3.8) is 0 Å². The Morgan fingerprint density at radius 1 is 1.00 bits per heavy atom. The molecule has 4 aromatic rings. The first-order chi connectivity index (χ1) is 12.1. The minimum atomic E-state index is -0.00878. The van der Waals surface area contributed by atoms with Gasteiger partial charge in [-0.15, -0.1) is 0 Å². The summed E-state index contributed by atoms with van der Waals surface area (Å²) in [5.41, 5.74) is 6.44. The lowest BCUT2D eigenvalue weighted by atomic mass is 9.97. The number of benzene rings is 2. The number of fused-ring (bicyclic) bond motifs is 1. The maximum absolute atomic E-state index is 12.3. The number of nitrogens with one attached hydrogen (secondary N) is 2. The van der Waals surface area contributed by atoms with Crippen molar-refractivity contribution >= 4 is 28.3 Å². The summed E-state index contributed by atoms with van der Waals surface area (Å²) in [6.07, 6.45) is 1.92. The fourth-order valence-corrected chi connectivity index (χ4v) is 3.66. The Morgan fingerprint density at radius 2 is 1.76 bits per heavy atom. The minimum Gasteiger partial charge on any atom is -0.361 e. The van der Waals surface area contributed by atoms with E-state index in [4.69, 9.17) is 11.6 Å². The summed E-state index contributed by atoms with van der Waals surface area (Å²) in [7, 11) is 0. The molecule has 2 N–H and O–H groups in total. The highest BCUT2D eigenvalue weighted by atomic mass is 35.5. The average Bonchev–Trinajstić information content (AvgIpc) is 3.20. The van der Waals surface area contributed by atoms with E-state index in [1.165, 1.54) is 0 Å². The van der Waals surface area contributed by atoms with Gasteiger partial charge in [-0.25, -0.2) is 0 Å². The Balaban J connectivity index is 2.04. The van der Waals surface area contributed by atoms with E-state index < -0.39 is 0 Å². The molecule has 4 heteroatoms. The van der Waals surface area contributed by atoms with E-state index in [1.807, 2.05) is 55.6 Å². The van der Waals surface area contributed by atoms with Gasteiger partial charge >= 0.3 is 0 Å². The molecule has 2 aromatic carbocycles. The van der Waals surface area contributed by atoms with E-state index in [9.17, 15) is 4.79 Å². The molecule has 25 heavy (non-hydrogen) atoms. The van der Waals surface area contributed by atoms with Crippen LogP contribution in [0.25, 0.3) is 33.3 Å². The molecular formula is C21H17ClN2O. The standard InChI is InChI=1S/C21H17ClN2O/c1-12-19(16-6-3-4-8-17(16)22)21(13(2)25)24-20(12)15-7-5-9-18-14(15)10-11-23-18/h3-11,23-24H,1-2H3. The first-order valence-corrected chi connectivity index (χ1v) is 8.50. The molecule has 4 rings (SSSR count). The summed E-state index contributed by atoms with van der Waals surface area (Å²) >= 11 is 6.41. The zero-order valence-corrected chi connectivity index (χ0v) is 14.7. The van der Waals surface area contributed by atoms with Gasteiger partial charge in [-0.3, -0.25) is 4.79 Å². The second-order valence-corrected chi connectivity index (χ2v) is 6.56. The Labute approximate surface area is 150 Å². The highest BCUT2D eigenvalue weighted by molar-refractivity contribution is 6.33. The second-order valence-electron chi connectivity index (χ2n) is 6.16. The average molecular weight is 349 g/mol. The van der Waals surface area contributed by atoms with Crippen molar-refractivity contribution in [1.29, 1.82) is 0 Å². The summed E-state index contributed by atoms with van der Waals surface area (Å²) in [4.78, 5) is 18.9. The first-order valence-electron chi connectivity index (χ1n) is 8.13. The minimum absolute atomic E-state index is 0.00878. The van der Waals surface area contributed by atoms with Gasteiger partial charge in [0.05, 0.1) is 11.4 Å². The van der Waals surface area contributed by atoms with Crippen LogP contribution in [0.4, 0.5) is 0 Å². The second kappa shape index (κ2) is 5.94. The van der Waals surface area contributed by atoms with Gasteiger partial charge in [0.2, 0.25) is 0 Å². The van der Waals surface area contributed by atoms with Crippen LogP contribution >= 0.6 is 11.6 Å². The summed E-state index contributed by atoms with van der Waals surface area (Å²) in [5, 5.41) is 1.76. The number of rotatable bonds is 3. The number of hydrogen-bond acceptors (Lipinski definition) is 1. The van der Waals surface area contributed by atoms with Gasteiger partial charge in [-0.2, -0.15) is 0 Å². The van der Waals surface area contributed by atoms with E-state index in [0.29, 0.717) is 10.7 Å². The third kappa shape index (κ3) is 2.48. The maximum atomic E-state index is 12.3. The summed E-state index contributed by atoms with van der Waals surface area (Å²) < 4.78 is 0. The smallest absolute Gasteiger partial charge is 0.176 e. The van der Waals surface area contributed by atoms with Gasteiger partial charge in [-0.1, -0.05) is 41.9 Å². The predicted octanol–water partition coefficient (Wildman–Crippen LogP) is 5.99. The number of hydrogen-bond donors (Lipinski definition) is 2. The van der Waals surface area contributed by atoms with E-state index in [-0.39, 0.29) is 5.78 Å². The molecule has 2 aromatic heterocycles. The number of Topliss-reactive ketones (excluding diaryl/α,β-unsaturated/α-hetero) is 1. The van der Waals surface area contributed by atoms with Gasteiger partial charge in [-0.05, 0) is 30.7 Å². The van der Waals surface area contributed by atoms with Crippen molar-refractivity contribution < 1.29 is 4.79 Å². The number of aromatic nitrogens is 2. The predicted molar refractivity (Wildman–Crippen MR) is 103 cm³/mol. The molecule has 0 amide bonds. The summed E-state index contributed by atoms with van der Waals surface area (Å²) in [6.45, 7) is 3.61.